The number of fused-ring (bicyclic) bond motifs is 3. The minimum Gasteiger partial charge on any atom is -0.491 e. The van der Waals surface area contributed by atoms with Crippen LogP contribution in [0.1, 0.15) is 0 Å². The molecule has 1 aromatic heterocycles. The average molecular weight is 416 g/mol. The van der Waals surface area contributed by atoms with Crippen molar-refractivity contribution in [3.8, 4) is 17.1 Å². The van der Waals surface area contributed by atoms with Crippen LogP contribution in [-0.4, -0.2) is 39.6 Å². The maximum atomic E-state index is 13.2. The van der Waals surface area contributed by atoms with Gasteiger partial charge in [-0.1, -0.05) is 27.7 Å². The predicted molar refractivity (Wildman–Crippen MR) is 91.0 cm³/mol. The Balaban J connectivity index is 1.79. The lowest BCUT2D eigenvalue weighted by Crippen LogP contribution is -2.38. The molecule has 2 aromatic rings. The molecule has 5 nitrogen and oxygen atoms in total. The first-order valence-electron chi connectivity index (χ1n) is 7.28. The number of alkyl halides is 2. The molecule has 0 aliphatic carbocycles. The van der Waals surface area contributed by atoms with Gasteiger partial charge in [-0.25, -0.2) is 13.8 Å². The van der Waals surface area contributed by atoms with E-state index in [9.17, 15) is 13.6 Å². The van der Waals surface area contributed by atoms with E-state index < -0.39 is 12.5 Å². The zero-order valence-electron chi connectivity index (χ0n) is 12.3. The van der Waals surface area contributed by atoms with E-state index >= 15 is 0 Å². The van der Waals surface area contributed by atoms with Crippen molar-refractivity contribution >= 4 is 38.7 Å². The first-order valence-corrected chi connectivity index (χ1v) is 9.06. The summed E-state index contributed by atoms with van der Waals surface area (Å²) in [6.45, 7) is 0.969. The van der Waals surface area contributed by atoms with E-state index in [1.807, 2.05) is 22.8 Å². The van der Waals surface area contributed by atoms with Gasteiger partial charge in [0.25, 0.3) is 11.7 Å². The monoisotopic (exact) mass is 415 g/mol. The van der Waals surface area contributed by atoms with Crippen molar-refractivity contribution in [2.75, 3.05) is 17.3 Å². The molecular weight excluding hydrogens is 404 g/mol. The summed E-state index contributed by atoms with van der Waals surface area (Å²) in [5.74, 6) is 1.63. The Morgan fingerprint density at radius 1 is 1.42 bits per heavy atom. The summed E-state index contributed by atoms with van der Waals surface area (Å²) in [6, 6.07) is 4.43. The highest BCUT2D eigenvalue weighted by atomic mass is 79.9. The number of benzene rings is 1. The number of imidazole rings is 1. The number of anilines is 1. The van der Waals surface area contributed by atoms with Gasteiger partial charge in [0.05, 0.1) is 12.1 Å². The summed E-state index contributed by atoms with van der Waals surface area (Å²) in [5.41, 5.74) is 0.773. The highest BCUT2D eigenvalue weighted by Gasteiger charge is 2.40. The van der Waals surface area contributed by atoms with Crippen molar-refractivity contribution in [2.45, 2.75) is 19.0 Å². The molecule has 0 saturated carbocycles. The van der Waals surface area contributed by atoms with Crippen LogP contribution in [0.3, 0.4) is 0 Å². The molecule has 126 valence electrons. The molecule has 24 heavy (non-hydrogen) atoms. The zero-order chi connectivity index (χ0) is 16.8. The summed E-state index contributed by atoms with van der Waals surface area (Å²) >= 11 is 4.30. The van der Waals surface area contributed by atoms with Crippen molar-refractivity contribution < 1.29 is 18.3 Å². The van der Waals surface area contributed by atoms with E-state index in [1.54, 1.807) is 6.20 Å². The average Bonchev–Trinajstić information content (AvgIpc) is 3.07. The molecule has 9 heteroatoms. The number of thioether (sulfide) groups is 1. The molecule has 1 fully saturated rings. The SMILES string of the molecule is O=C1SCC(C(F)F)N1c1cn2c(n1)-c1ccc(Br)cc1OCC2. The Kier molecular flexibility index (Phi) is 4.00. The van der Waals surface area contributed by atoms with Crippen molar-refractivity contribution in [3.05, 3.63) is 28.9 Å². The molecule has 4 rings (SSSR count). The molecule has 1 saturated heterocycles. The molecule has 1 aromatic carbocycles. The largest absolute Gasteiger partial charge is 0.491 e. The Labute approximate surface area is 149 Å². The summed E-state index contributed by atoms with van der Waals surface area (Å²) < 4.78 is 34.9. The van der Waals surface area contributed by atoms with Gasteiger partial charge in [-0.2, -0.15) is 0 Å². The van der Waals surface area contributed by atoms with Crippen molar-refractivity contribution in [1.82, 2.24) is 9.55 Å². The quantitative estimate of drug-likeness (QED) is 0.743. The van der Waals surface area contributed by atoms with Gasteiger partial charge in [-0.15, -0.1) is 0 Å². The molecule has 2 aliphatic heterocycles. The van der Waals surface area contributed by atoms with E-state index in [2.05, 4.69) is 20.9 Å². The summed E-state index contributed by atoms with van der Waals surface area (Å²) in [6.07, 6.45) is -0.952. The second-order valence-corrected chi connectivity index (χ2v) is 7.34. The van der Waals surface area contributed by atoms with Crippen molar-refractivity contribution in [3.63, 3.8) is 0 Å². The highest BCUT2D eigenvalue weighted by molar-refractivity contribution is 9.10. The molecule has 1 atom stereocenters. The number of amides is 1. The van der Waals surface area contributed by atoms with Gasteiger partial charge in [0, 0.05) is 16.4 Å². The van der Waals surface area contributed by atoms with Crippen LogP contribution in [0.15, 0.2) is 28.9 Å². The third-order valence-corrected chi connectivity index (χ3v) is 5.43. The lowest BCUT2D eigenvalue weighted by atomic mass is 10.2. The fourth-order valence-corrected chi connectivity index (χ4v) is 4.16. The summed E-state index contributed by atoms with van der Waals surface area (Å²) in [5, 5.41) is -0.388. The molecule has 2 aliphatic rings. The van der Waals surface area contributed by atoms with Gasteiger partial charge in [0.1, 0.15) is 24.2 Å². The Hall–Kier alpha value is -1.61. The van der Waals surface area contributed by atoms with Crippen LogP contribution >= 0.6 is 27.7 Å². The van der Waals surface area contributed by atoms with Gasteiger partial charge in [-0.05, 0) is 18.2 Å². The normalized spacial score (nSPS) is 19.9. The number of carbonyl (C=O) groups is 1. The molecule has 0 N–H and O–H groups in total. The number of nitrogens with zero attached hydrogens (tertiary/aromatic N) is 3. The number of hydrogen-bond donors (Lipinski definition) is 0. The molecule has 0 radical (unpaired) electrons. The van der Waals surface area contributed by atoms with Crippen LogP contribution in [0, 0.1) is 0 Å². The number of rotatable bonds is 2. The maximum Gasteiger partial charge on any atom is 0.287 e. The van der Waals surface area contributed by atoms with Gasteiger partial charge in [-0.3, -0.25) is 9.69 Å². The van der Waals surface area contributed by atoms with E-state index in [0.29, 0.717) is 24.7 Å². The summed E-state index contributed by atoms with van der Waals surface area (Å²) in [7, 11) is 0. The number of aromatic nitrogens is 2. The molecular formula is C15H12BrF2N3O2S. The van der Waals surface area contributed by atoms with Crippen LogP contribution in [0.2, 0.25) is 0 Å². The fourth-order valence-electron chi connectivity index (χ4n) is 2.84. The smallest absolute Gasteiger partial charge is 0.287 e. The molecule has 1 amide bonds. The molecule has 3 heterocycles. The lowest BCUT2D eigenvalue weighted by molar-refractivity contribution is 0.124. The Morgan fingerprint density at radius 3 is 3.04 bits per heavy atom. The van der Waals surface area contributed by atoms with Crippen LogP contribution in [0.25, 0.3) is 11.4 Å². The third-order valence-electron chi connectivity index (χ3n) is 3.98. The Bertz CT molecular complexity index is 814. The maximum absolute atomic E-state index is 13.2. The van der Waals surface area contributed by atoms with Gasteiger partial charge in [0.15, 0.2) is 5.82 Å². The van der Waals surface area contributed by atoms with Gasteiger partial charge in [0.2, 0.25) is 0 Å². The predicted octanol–water partition coefficient (Wildman–Crippen LogP) is 4.01. The Morgan fingerprint density at radius 2 is 2.25 bits per heavy atom. The summed E-state index contributed by atoms with van der Waals surface area (Å²) in [4.78, 5) is 17.6. The van der Waals surface area contributed by atoms with E-state index in [0.717, 1.165) is 26.7 Å². The number of ether oxygens (including phenoxy) is 1. The third kappa shape index (κ3) is 2.59. The lowest BCUT2D eigenvalue weighted by Gasteiger charge is -2.20. The molecule has 0 spiro atoms. The minimum absolute atomic E-state index is 0.0747. The van der Waals surface area contributed by atoms with Crippen LogP contribution in [-0.2, 0) is 6.54 Å². The minimum atomic E-state index is -2.60. The fraction of sp³-hybridized carbons (Fsp3) is 0.333. The van der Waals surface area contributed by atoms with Crippen molar-refractivity contribution in [1.29, 1.82) is 0 Å². The van der Waals surface area contributed by atoms with Crippen LogP contribution in [0.4, 0.5) is 19.4 Å². The topological polar surface area (TPSA) is 47.4 Å². The first kappa shape index (κ1) is 15.9. The van der Waals surface area contributed by atoms with Gasteiger partial charge >= 0.3 is 0 Å². The second kappa shape index (κ2) is 6.03. The second-order valence-electron chi connectivity index (χ2n) is 5.45. The number of halogens is 3. The van der Waals surface area contributed by atoms with Crippen molar-refractivity contribution in [2.24, 2.45) is 0 Å². The van der Waals surface area contributed by atoms with Gasteiger partial charge < -0.3 is 9.30 Å². The van der Waals surface area contributed by atoms with Crippen LogP contribution < -0.4 is 9.64 Å². The zero-order valence-corrected chi connectivity index (χ0v) is 14.7. The highest BCUT2D eigenvalue weighted by Crippen LogP contribution is 2.38. The molecule has 1 unspecified atom stereocenters. The number of hydrogen-bond acceptors (Lipinski definition) is 4. The van der Waals surface area contributed by atoms with E-state index in [1.165, 1.54) is 0 Å². The van der Waals surface area contributed by atoms with Crippen LogP contribution in [0.5, 0.6) is 5.75 Å². The molecule has 0 bridgehead atoms. The standard InChI is InChI=1S/C15H12BrF2N3O2S/c16-8-1-2-9-11(5-8)23-4-3-20-6-12(19-14(9)20)21-10(13(17)18)7-24-15(21)22/h1-2,5-6,10,13H,3-4,7H2. The van der Waals surface area contributed by atoms with E-state index in [4.69, 9.17) is 4.74 Å². The first-order chi connectivity index (χ1) is 11.5. The van der Waals surface area contributed by atoms with E-state index in [-0.39, 0.29) is 16.8 Å². The number of carbonyl (C=O) groups excluding carboxylic acids is 1.